The molecule has 1 saturated heterocycles. The highest BCUT2D eigenvalue weighted by Crippen LogP contribution is 2.30. The van der Waals surface area contributed by atoms with E-state index >= 15 is 0 Å². The Balaban J connectivity index is 1.83. The van der Waals surface area contributed by atoms with Crippen LogP contribution < -0.4 is 5.73 Å². The number of nitrogens with zero attached hydrogens (tertiary/aromatic N) is 1. The maximum Gasteiger partial charge on any atom is 0.325 e. The first-order valence-corrected chi connectivity index (χ1v) is 6.74. The summed E-state index contributed by atoms with van der Waals surface area (Å²) in [7, 11) is 0. The Morgan fingerprint density at radius 1 is 1.53 bits per heavy atom. The lowest BCUT2D eigenvalue weighted by Gasteiger charge is -2.30. The Hall–Kier alpha value is -0.610. The van der Waals surface area contributed by atoms with Gasteiger partial charge < -0.3 is 15.7 Å². The zero-order valence-corrected chi connectivity index (χ0v) is 10.7. The number of nitrogens with two attached hydrogens (primary N) is 1. The number of hydrogen-bond donors (Lipinski definition) is 2. The van der Waals surface area contributed by atoms with Crippen LogP contribution in [-0.4, -0.2) is 41.1 Å². The Morgan fingerprint density at radius 2 is 2.29 bits per heavy atom. The number of carboxylic acid groups (broad SMARTS) is 1. The quantitative estimate of drug-likeness (QED) is 0.780. The van der Waals surface area contributed by atoms with Crippen molar-refractivity contribution in [3.8, 4) is 0 Å². The maximum absolute atomic E-state index is 11.1. The Kier molecular flexibility index (Phi) is 3.73. The van der Waals surface area contributed by atoms with Gasteiger partial charge in [-0.15, -0.1) is 0 Å². The smallest absolute Gasteiger partial charge is 0.325 e. The van der Waals surface area contributed by atoms with Crippen LogP contribution in [-0.2, 0) is 4.79 Å². The van der Waals surface area contributed by atoms with Gasteiger partial charge in [0.1, 0.15) is 5.54 Å². The van der Waals surface area contributed by atoms with Gasteiger partial charge in [-0.1, -0.05) is 19.8 Å². The third-order valence-electron chi connectivity index (χ3n) is 4.37. The number of aliphatic carboxylic acids is 1. The van der Waals surface area contributed by atoms with Crippen molar-refractivity contribution in [1.29, 1.82) is 0 Å². The molecule has 1 aliphatic carbocycles. The second-order valence-electron chi connectivity index (χ2n) is 6.08. The molecule has 2 fully saturated rings. The molecule has 1 saturated carbocycles. The van der Waals surface area contributed by atoms with Crippen LogP contribution in [0.15, 0.2) is 0 Å². The summed E-state index contributed by atoms with van der Waals surface area (Å²) in [6.07, 6.45) is 5.86. The summed E-state index contributed by atoms with van der Waals surface area (Å²) in [5.41, 5.74) is 4.88. The molecule has 3 atom stereocenters. The van der Waals surface area contributed by atoms with Crippen molar-refractivity contribution < 1.29 is 9.90 Å². The van der Waals surface area contributed by atoms with Gasteiger partial charge in [0.25, 0.3) is 0 Å². The molecule has 98 valence electrons. The third kappa shape index (κ3) is 2.99. The summed E-state index contributed by atoms with van der Waals surface area (Å²) < 4.78 is 0. The summed E-state index contributed by atoms with van der Waals surface area (Å²) >= 11 is 0. The molecule has 2 aliphatic rings. The average Bonchev–Trinajstić information content (AvgIpc) is 2.61. The summed E-state index contributed by atoms with van der Waals surface area (Å²) in [6, 6.07) is 0. The standard InChI is InChI=1S/C13H24N2O2/c1-10-3-2-4-11(7-10)8-15-6-5-13(14,9-15)12(16)17/h10-11H,2-9,14H2,1H3,(H,16,17). The largest absolute Gasteiger partial charge is 0.480 e. The highest BCUT2D eigenvalue weighted by molar-refractivity contribution is 5.79. The van der Waals surface area contributed by atoms with E-state index in [1.54, 1.807) is 0 Å². The molecule has 17 heavy (non-hydrogen) atoms. The lowest BCUT2D eigenvalue weighted by molar-refractivity contribution is -0.142. The van der Waals surface area contributed by atoms with Crippen molar-refractivity contribution in [2.24, 2.45) is 17.6 Å². The molecule has 3 N–H and O–H groups in total. The zero-order chi connectivity index (χ0) is 12.5. The molecular formula is C13H24N2O2. The van der Waals surface area contributed by atoms with Crippen molar-refractivity contribution in [2.75, 3.05) is 19.6 Å². The summed E-state index contributed by atoms with van der Waals surface area (Å²) in [4.78, 5) is 13.3. The van der Waals surface area contributed by atoms with Crippen LogP contribution in [0.1, 0.15) is 39.0 Å². The van der Waals surface area contributed by atoms with Gasteiger partial charge >= 0.3 is 5.97 Å². The van der Waals surface area contributed by atoms with Crippen molar-refractivity contribution in [3.05, 3.63) is 0 Å². The van der Waals surface area contributed by atoms with E-state index in [1.165, 1.54) is 25.7 Å². The molecule has 0 spiro atoms. The summed E-state index contributed by atoms with van der Waals surface area (Å²) in [5, 5.41) is 9.09. The number of hydrogen-bond acceptors (Lipinski definition) is 3. The molecule has 3 unspecified atom stereocenters. The molecule has 0 aromatic rings. The summed E-state index contributed by atoms with van der Waals surface area (Å²) in [6.45, 7) is 4.72. The number of carboxylic acids is 1. The van der Waals surface area contributed by atoms with E-state index in [9.17, 15) is 4.79 Å². The van der Waals surface area contributed by atoms with Crippen LogP contribution >= 0.6 is 0 Å². The fourth-order valence-electron chi connectivity index (χ4n) is 3.34. The number of rotatable bonds is 3. The molecule has 0 amide bonds. The molecule has 0 aromatic heterocycles. The van der Waals surface area contributed by atoms with Crippen molar-refractivity contribution >= 4 is 5.97 Å². The van der Waals surface area contributed by atoms with Crippen LogP contribution in [0.5, 0.6) is 0 Å². The minimum absolute atomic E-state index is 0.521. The van der Waals surface area contributed by atoms with Crippen molar-refractivity contribution in [3.63, 3.8) is 0 Å². The van der Waals surface area contributed by atoms with Crippen LogP contribution in [0.2, 0.25) is 0 Å². The van der Waals surface area contributed by atoms with E-state index < -0.39 is 11.5 Å². The first-order chi connectivity index (χ1) is 7.99. The second-order valence-corrected chi connectivity index (χ2v) is 6.08. The Bertz CT molecular complexity index is 295. The number of carbonyl (C=O) groups is 1. The predicted molar refractivity (Wildman–Crippen MR) is 66.7 cm³/mol. The molecule has 0 bridgehead atoms. The monoisotopic (exact) mass is 240 g/mol. The van der Waals surface area contributed by atoms with Gasteiger partial charge in [0.2, 0.25) is 0 Å². The molecule has 4 heteroatoms. The van der Waals surface area contributed by atoms with E-state index in [0.29, 0.717) is 13.0 Å². The van der Waals surface area contributed by atoms with Gasteiger partial charge in [0, 0.05) is 19.6 Å². The van der Waals surface area contributed by atoms with E-state index in [1.807, 2.05) is 0 Å². The third-order valence-corrected chi connectivity index (χ3v) is 4.37. The molecule has 0 aromatic carbocycles. The SMILES string of the molecule is CC1CCCC(CN2CCC(N)(C(=O)O)C2)C1. The van der Waals surface area contributed by atoms with Gasteiger partial charge in [0.05, 0.1) is 0 Å². The predicted octanol–water partition coefficient (Wildman–Crippen LogP) is 1.30. The van der Waals surface area contributed by atoms with Crippen LogP contribution in [0.3, 0.4) is 0 Å². The minimum Gasteiger partial charge on any atom is -0.480 e. The maximum atomic E-state index is 11.1. The van der Waals surface area contributed by atoms with Gasteiger partial charge in [-0.3, -0.25) is 4.79 Å². The molecule has 4 nitrogen and oxygen atoms in total. The van der Waals surface area contributed by atoms with Gasteiger partial charge in [0.15, 0.2) is 0 Å². The first-order valence-electron chi connectivity index (χ1n) is 6.74. The normalized spacial score (nSPS) is 39.4. The van der Waals surface area contributed by atoms with Crippen molar-refractivity contribution in [1.82, 2.24) is 4.90 Å². The van der Waals surface area contributed by atoms with E-state index in [-0.39, 0.29) is 0 Å². The highest BCUT2D eigenvalue weighted by Gasteiger charge is 2.41. The van der Waals surface area contributed by atoms with E-state index in [2.05, 4.69) is 11.8 Å². The molecule has 2 rings (SSSR count). The molecular weight excluding hydrogens is 216 g/mol. The lowest BCUT2D eigenvalue weighted by atomic mass is 9.82. The highest BCUT2D eigenvalue weighted by atomic mass is 16.4. The van der Waals surface area contributed by atoms with Crippen molar-refractivity contribution in [2.45, 2.75) is 44.6 Å². The fourth-order valence-corrected chi connectivity index (χ4v) is 3.34. The molecule has 0 radical (unpaired) electrons. The lowest BCUT2D eigenvalue weighted by Crippen LogP contribution is -2.50. The van der Waals surface area contributed by atoms with Crippen LogP contribution in [0.25, 0.3) is 0 Å². The molecule has 1 aliphatic heterocycles. The van der Waals surface area contributed by atoms with E-state index in [0.717, 1.165) is 24.9 Å². The Labute approximate surface area is 103 Å². The Morgan fingerprint density at radius 3 is 2.88 bits per heavy atom. The van der Waals surface area contributed by atoms with Gasteiger partial charge in [-0.25, -0.2) is 0 Å². The average molecular weight is 240 g/mol. The van der Waals surface area contributed by atoms with Gasteiger partial charge in [-0.2, -0.15) is 0 Å². The first kappa shape index (κ1) is 12.8. The van der Waals surface area contributed by atoms with Gasteiger partial charge in [-0.05, 0) is 31.1 Å². The van der Waals surface area contributed by atoms with Crippen LogP contribution in [0, 0.1) is 11.8 Å². The second kappa shape index (κ2) is 4.94. The van der Waals surface area contributed by atoms with Crippen LogP contribution in [0.4, 0.5) is 0 Å². The fraction of sp³-hybridized carbons (Fsp3) is 0.923. The topological polar surface area (TPSA) is 66.6 Å². The van der Waals surface area contributed by atoms with E-state index in [4.69, 9.17) is 10.8 Å². The molecule has 1 heterocycles. The minimum atomic E-state index is -1.000. The number of likely N-dealkylation sites (tertiary alicyclic amines) is 1. The summed E-state index contributed by atoms with van der Waals surface area (Å²) in [5.74, 6) is 0.727. The zero-order valence-electron chi connectivity index (χ0n) is 10.7.